The standard InChI is InChI=1S/C20H20FN3O3/c1-24(12-19-26-8-9-27-19)15-5-3-14(4-6-15)22-11-17-16-10-13(21)2-7-18(16)23-20(17)25/h2-7,10-11,19,22H,8-9,12H2,1H3,(H,23,25). The van der Waals surface area contributed by atoms with E-state index in [1.165, 1.54) is 12.1 Å². The van der Waals surface area contributed by atoms with Gasteiger partial charge in [-0.1, -0.05) is 0 Å². The molecule has 2 aliphatic rings. The molecule has 0 saturated carbocycles. The van der Waals surface area contributed by atoms with Crippen molar-refractivity contribution in [1.82, 2.24) is 0 Å². The van der Waals surface area contributed by atoms with Crippen molar-refractivity contribution in [2.45, 2.75) is 6.29 Å². The van der Waals surface area contributed by atoms with Crippen molar-refractivity contribution >= 4 is 28.5 Å². The molecule has 4 rings (SSSR count). The van der Waals surface area contributed by atoms with Gasteiger partial charge >= 0.3 is 0 Å². The van der Waals surface area contributed by atoms with Crippen LogP contribution in [0.1, 0.15) is 5.56 Å². The van der Waals surface area contributed by atoms with E-state index in [1.807, 2.05) is 31.3 Å². The molecule has 1 saturated heterocycles. The zero-order valence-corrected chi connectivity index (χ0v) is 14.9. The van der Waals surface area contributed by atoms with Gasteiger partial charge in [0, 0.05) is 35.9 Å². The van der Waals surface area contributed by atoms with Gasteiger partial charge in [-0.3, -0.25) is 4.79 Å². The fourth-order valence-electron chi connectivity index (χ4n) is 3.11. The summed E-state index contributed by atoms with van der Waals surface area (Å²) in [4.78, 5) is 14.2. The van der Waals surface area contributed by atoms with E-state index in [0.29, 0.717) is 36.6 Å². The summed E-state index contributed by atoms with van der Waals surface area (Å²) in [7, 11) is 1.98. The normalized spacial score (nSPS) is 17.9. The first kappa shape index (κ1) is 17.5. The fraction of sp³-hybridized carbons (Fsp3) is 0.250. The van der Waals surface area contributed by atoms with E-state index in [9.17, 15) is 9.18 Å². The molecule has 0 unspecified atom stereocenters. The van der Waals surface area contributed by atoms with Gasteiger partial charge in [-0.2, -0.15) is 0 Å². The average molecular weight is 369 g/mol. The number of hydrogen-bond acceptors (Lipinski definition) is 5. The van der Waals surface area contributed by atoms with Gasteiger partial charge in [-0.25, -0.2) is 4.39 Å². The Labute approximate surface area is 156 Å². The molecule has 1 fully saturated rings. The van der Waals surface area contributed by atoms with Crippen LogP contribution in [-0.2, 0) is 14.3 Å². The van der Waals surface area contributed by atoms with Crippen molar-refractivity contribution in [1.29, 1.82) is 0 Å². The van der Waals surface area contributed by atoms with Crippen LogP contribution < -0.4 is 15.5 Å². The Kier molecular flexibility index (Phi) is 4.79. The number of likely N-dealkylation sites (N-methyl/N-ethyl adjacent to an activating group) is 1. The quantitative estimate of drug-likeness (QED) is 0.794. The minimum Gasteiger partial charge on any atom is -0.369 e. The number of anilines is 3. The van der Waals surface area contributed by atoms with Crippen molar-refractivity contribution in [3.05, 3.63) is 60.0 Å². The van der Waals surface area contributed by atoms with Crippen LogP contribution in [0.5, 0.6) is 0 Å². The Bertz CT molecular complexity index is 877. The lowest BCUT2D eigenvalue weighted by Crippen LogP contribution is -2.29. The van der Waals surface area contributed by atoms with E-state index in [-0.39, 0.29) is 18.0 Å². The van der Waals surface area contributed by atoms with Gasteiger partial charge in [0.05, 0.1) is 25.3 Å². The van der Waals surface area contributed by atoms with Gasteiger partial charge in [-0.15, -0.1) is 0 Å². The second kappa shape index (κ2) is 7.38. The smallest absolute Gasteiger partial charge is 0.257 e. The van der Waals surface area contributed by atoms with E-state index in [2.05, 4.69) is 15.5 Å². The maximum absolute atomic E-state index is 13.5. The van der Waals surface area contributed by atoms with E-state index < -0.39 is 0 Å². The highest BCUT2D eigenvalue weighted by Crippen LogP contribution is 2.32. The number of fused-ring (bicyclic) bond motifs is 1. The number of nitrogens with one attached hydrogen (secondary N) is 2. The Morgan fingerprint density at radius 1 is 1.22 bits per heavy atom. The highest BCUT2D eigenvalue weighted by molar-refractivity contribution is 6.31. The summed E-state index contributed by atoms with van der Waals surface area (Å²) in [6.45, 7) is 1.92. The van der Waals surface area contributed by atoms with Crippen LogP contribution in [0.25, 0.3) is 5.57 Å². The summed E-state index contributed by atoms with van der Waals surface area (Å²) < 4.78 is 24.4. The largest absolute Gasteiger partial charge is 0.369 e. The van der Waals surface area contributed by atoms with E-state index in [4.69, 9.17) is 9.47 Å². The number of rotatable bonds is 5. The van der Waals surface area contributed by atoms with Gasteiger partial charge in [0.15, 0.2) is 6.29 Å². The molecule has 7 heteroatoms. The summed E-state index contributed by atoms with van der Waals surface area (Å²) in [5, 5.41) is 5.83. The minimum absolute atomic E-state index is 0.195. The lowest BCUT2D eigenvalue weighted by atomic mass is 10.1. The third-order valence-electron chi connectivity index (χ3n) is 4.57. The van der Waals surface area contributed by atoms with Crippen LogP contribution in [0.2, 0.25) is 0 Å². The molecule has 0 spiro atoms. The van der Waals surface area contributed by atoms with Crippen molar-refractivity contribution in [3.8, 4) is 0 Å². The van der Waals surface area contributed by atoms with E-state index in [1.54, 1.807) is 12.3 Å². The third kappa shape index (κ3) is 3.79. The number of halogens is 1. The molecule has 27 heavy (non-hydrogen) atoms. The Hall–Kier alpha value is -2.90. The molecule has 0 atom stereocenters. The lowest BCUT2D eigenvalue weighted by molar-refractivity contribution is -0.110. The first-order valence-corrected chi connectivity index (χ1v) is 8.72. The van der Waals surface area contributed by atoms with Crippen LogP contribution in [0.15, 0.2) is 48.7 Å². The SMILES string of the molecule is CN(CC1OCCO1)c1ccc(NC=C2C(=O)Nc3ccc(F)cc32)cc1. The number of ether oxygens (including phenoxy) is 2. The van der Waals surface area contributed by atoms with Gasteiger partial charge in [-0.05, 0) is 42.5 Å². The molecule has 1 amide bonds. The van der Waals surface area contributed by atoms with Gasteiger partial charge in [0.25, 0.3) is 5.91 Å². The first-order valence-electron chi connectivity index (χ1n) is 8.72. The zero-order chi connectivity index (χ0) is 18.8. The van der Waals surface area contributed by atoms with Crippen LogP contribution in [0.3, 0.4) is 0 Å². The molecule has 6 nitrogen and oxygen atoms in total. The molecule has 0 radical (unpaired) electrons. The molecule has 0 bridgehead atoms. The van der Waals surface area contributed by atoms with Crippen molar-refractivity contribution in [2.75, 3.05) is 42.3 Å². The monoisotopic (exact) mass is 369 g/mol. The minimum atomic E-state index is -0.376. The Balaban J connectivity index is 1.44. The predicted octanol–water partition coefficient (Wildman–Crippen LogP) is 3.04. The van der Waals surface area contributed by atoms with Gasteiger partial charge in [0.1, 0.15) is 5.82 Å². The number of carbonyl (C=O) groups is 1. The van der Waals surface area contributed by atoms with Gasteiger partial charge < -0.3 is 25.0 Å². The Morgan fingerprint density at radius 3 is 2.70 bits per heavy atom. The highest BCUT2D eigenvalue weighted by Gasteiger charge is 2.24. The zero-order valence-electron chi connectivity index (χ0n) is 14.9. The second-order valence-corrected chi connectivity index (χ2v) is 6.44. The van der Waals surface area contributed by atoms with E-state index >= 15 is 0 Å². The summed E-state index contributed by atoms with van der Waals surface area (Å²) in [5.41, 5.74) is 3.42. The number of amides is 1. The summed E-state index contributed by atoms with van der Waals surface area (Å²) in [5.74, 6) is -0.630. The van der Waals surface area contributed by atoms with Crippen LogP contribution >= 0.6 is 0 Å². The van der Waals surface area contributed by atoms with Crippen molar-refractivity contribution in [2.24, 2.45) is 0 Å². The number of benzene rings is 2. The summed E-state index contributed by atoms with van der Waals surface area (Å²) in [6, 6.07) is 12.0. The van der Waals surface area contributed by atoms with Crippen LogP contribution in [0, 0.1) is 5.82 Å². The molecule has 2 aromatic rings. The topological polar surface area (TPSA) is 62.8 Å². The second-order valence-electron chi connectivity index (χ2n) is 6.44. The maximum Gasteiger partial charge on any atom is 0.257 e. The highest BCUT2D eigenvalue weighted by atomic mass is 19.1. The lowest BCUT2D eigenvalue weighted by Gasteiger charge is -2.22. The molecule has 2 heterocycles. The van der Waals surface area contributed by atoms with Crippen LogP contribution in [0.4, 0.5) is 21.5 Å². The third-order valence-corrected chi connectivity index (χ3v) is 4.57. The number of hydrogen-bond donors (Lipinski definition) is 2. The van der Waals surface area contributed by atoms with Crippen molar-refractivity contribution in [3.63, 3.8) is 0 Å². The Morgan fingerprint density at radius 2 is 1.96 bits per heavy atom. The number of carbonyl (C=O) groups excluding carboxylic acids is 1. The first-order chi connectivity index (χ1) is 13.1. The molecular weight excluding hydrogens is 349 g/mol. The van der Waals surface area contributed by atoms with Crippen LogP contribution in [-0.4, -0.2) is 39.0 Å². The summed E-state index contributed by atoms with van der Waals surface area (Å²) in [6.07, 6.45) is 1.40. The number of nitrogens with zero attached hydrogens (tertiary/aromatic N) is 1. The fourth-order valence-corrected chi connectivity index (χ4v) is 3.11. The van der Waals surface area contributed by atoms with Gasteiger partial charge in [0.2, 0.25) is 0 Å². The maximum atomic E-state index is 13.5. The molecule has 2 aromatic carbocycles. The molecular formula is C20H20FN3O3. The molecule has 140 valence electrons. The molecule has 0 aliphatic carbocycles. The van der Waals surface area contributed by atoms with Crippen molar-refractivity contribution < 1.29 is 18.7 Å². The predicted molar refractivity (Wildman–Crippen MR) is 102 cm³/mol. The summed E-state index contributed by atoms with van der Waals surface area (Å²) >= 11 is 0. The molecule has 0 aromatic heterocycles. The van der Waals surface area contributed by atoms with E-state index in [0.717, 1.165) is 11.4 Å². The molecule has 2 N–H and O–H groups in total. The average Bonchev–Trinajstić information content (AvgIpc) is 3.27. The molecule has 2 aliphatic heterocycles.